The van der Waals surface area contributed by atoms with E-state index in [1.54, 1.807) is 6.20 Å². The number of anilines is 2. The number of nitrogen functional groups attached to an aromatic ring is 2. The summed E-state index contributed by atoms with van der Waals surface area (Å²) < 4.78 is 0. The molecule has 2 rings (SSSR count). The van der Waals surface area contributed by atoms with Crippen molar-refractivity contribution in [3.05, 3.63) is 6.20 Å². The lowest BCUT2D eigenvalue weighted by molar-refractivity contribution is 0.824. The lowest BCUT2D eigenvalue weighted by atomic mass is 10.6. The maximum atomic E-state index is 5.37. The summed E-state index contributed by atoms with van der Waals surface area (Å²) in [5, 5.41) is 0. The maximum Gasteiger partial charge on any atom is 0.222 e. The Morgan fingerprint density at radius 1 is 1.25 bits per heavy atom. The van der Waals surface area contributed by atoms with Gasteiger partial charge in [0.2, 0.25) is 5.95 Å². The minimum Gasteiger partial charge on any atom is -0.412 e. The minimum atomic E-state index is 0. The van der Waals surface area contributed by atoms with Gasteiger partial charge >= 0.3 is 0 Å². The molecule has 0 radical (unpaired) electrons. The molecule has 2 aromatic heterocycles. The first kappa shape index (κ1) is 8.21. The zero-order valence-electron chi connectivity index (χ0n) is 6.07. The first-order valence-electron chi connectivity index (χ1n) is 2.99. The molecule has 0 spiro atoms. The second-order valence-electron chi connectivity index (χ2n) is 2.09. The fraction of sp³-hybridized carbons (Fsp3) is 0. The van der Waals surface area contributed by atoms with Gasteiger partial charge in [-0.15, -0.1) is 0 Å². The largest absolute Gasteiger partial charge is 0.412 e. The summed E-state index contributed by atoms with van der Waals surface area (Å²) in [4.78, 5) is 14.2. The Hall–Kier alpha value is -1.89. The highest BCUT2D eigenvalue weighted by atomic mass is 16.0. The van der Waals surface area contributed by atoms with Crippen molar-refractivity contribution in [3.8, 4) is 0 Å². The van der Waals surface area contributed by atoms with Gasteiger partial charge in [0.05, 0.1) is 6.20 Å². The molecule has 0 aliphatic carbocycles. The van der Waals surface area contributed by atoms with E-state index in [1.807, 2.05) is 0 Å². The van der Waals surface area contributed by atoms with Gasteiger partial charge in [0.1, 0.15) is 5.52 Å². The van der Waals surface area contributed by atoms with E-state index in [1.165, 1.54) is 0 Å². The number of imidazole rings is 1. The van der Waals surface area contributed by atoms with Crippen molar-refractivity contribution in [2.45, 2.75) is 0 Å². The highest BCUT2D eigenvalue weighted by Gasteiger charge is 2.00. The summed E-state index contributed by atoms with van der Waals surface area (Å²) in [6.45, 7) is 0. The normalized spacial score (nSPS) is 9.67. The van der Waals surface area contributed by atoms with Crippen LogP contribution in [0.4, 0.5) is 11.9 Å². The van der Waals surface area contributed by atoms with E-state index in [-0.39, 0.29) is 11.4 Å². The van der Waals surface area contributed by atoms with Crippen LogP contribution in [0.15, 0.2) is 6.20 Å². The van der Waals surface area contributed by atoms with Crippen LogP contribution in [0.25, 0.3) is 11.2 Å². The molecule has 0 aromatic carbocycles. The molecule has 0 saturated carbocycles. The van der Waals surface area contributed by atoms with Crippen LogP contribution in [0.3, 0.4) is 0 Å². The minimum absolute atomic E-state index is 0. The summed E-state index contributed by atoms with van der Waals surface area (Å²) in [5.74, 6) is 0.518. The molecular weight excluding hydrogens is 160 g/mol. The molecule has 0 fully saturated rings. The van der Waals surface area contributed by atoms with Crippen LogP contribution in [0.2, 0.25) is 0 Å². The Balaban J connectivity index is 0.000000720. The summed E-state index contributed by atoms with van der Waals surface area (Å²) in [6.07, 6.45) is 1.54. The highest BCUT2D eigenvalue weighted by Crippen LogP contribution is 2.08. The van der Waals surface area contributed by atoms with Gasteiger partial charge in [-0.1, -0.05) is 0 Å². The van der Waals surface area contributed by atoms with Gasteiger partial charge in [-0.25, -0.2) is 4.98 Å². The number of H-pyrrole nitrogens is 1. The molecule has 0 aliphatic rings. The van der Waals surface area contributed by atoms with Gasteiger partial charge < -0.3 is 21.9 Å². The Morgan fingerprint density at radius 2 is 2.00 bits per heavy atom. The van der Waals surface area contributed by atoms with E-state index in [4.69, 9.17) is 11.5 Å². The second kappa shape index (κ2) is 2.62. The van der Waals surface area contributed by atoms with Crippen LogP contribution in [0, 0.1) is 0 Å². The number of fused-ring (bicyclic) bond motifs is 1. The van der Waals surface area contributed by atoms with Crippen LogP contribution in [0.5, 0.6) is 0 Å². The first-order valence-corrected chi connectivity index (χ1v) is 2.99. The second-order valence-corrected chi connectivity index (χ2v) is 2.09. The molecule has 2 heterocycles. The number of nitrogens with zero attached hydrogens (tertiary/aromatic N) is 3. The number of aromatic nitrogens is 4. The van der Waals surface area contributed by atoms with Crippen molar-refractivity contribution in [2.75, 3.05) is 11.5 Å². The van der Waals surface area contributed by atoms with Gasteiger partial charge in [0.25, 0.3) is 0 Å². The lowest BCUT2D eigenvalue weighted by Gasteiger charge is -1.87. The fourth-order valence-electron chi connectivity index (χ4n) is 0.839. The van der Waals surface area contributed by atoms with E-state index in [0.29, 0.717) is 17.1 Å². The zero-order valence-corrected chi connectivity index (χ0v) is 6.07. The number of hydrogen-bond donors (Lipinski definition) is 3. The Kier molecular flexibility index (Phi) is 1.80. The van der Waals surface area contributed by atoms with Crippen molar-refractivity contribution in [2.24, 2.45) is 0 Å². The average molecular weight is 168 g/mol. The van der Waals surface area contributed by atoms with Crippen LogP contribution in [-0.4, -0.2) is 25.4 Å². The molecule has 12 heavy (non-hydrogen) atoms. The van der Waals surface area contributed by atoms with E-state index >= 15 is 0 Å². The molecule has 0 amide bonds. The maximum absolute atomic E-state index is 5.37. The quantitative estimate of drug-likeness (QED) is 0.448. The molecule has 0 unspecified atom stereocenters. The molecule has 7 heteroatoms. The third kappa shape index (κ3) is 1.12. The first-order chi connectivity index (χ1) is 5.25. The van der Waals surface area contributed by atoms with Crippen LogP contribution in [-0.2, 0) is 0 Å². The molecule has 0 saturated heterocycles. The number of aromatic amines is 1. The van der Waals surface area contributed by atoms with Crippen molar-refractivity contribution in [1.29, 1.82) is 0 Å². The van der Waals surface area contributed by atoms with Crippen molar-refractivity contribution < 1.29 is 5.48 Å². The molecule has 64 valence electrons. The summed E-state index contributed by atoms with van der Waals surface area (Å²) >= 11 is 0. The van der Waals surface area contributed by atoms with E-state index < -0.39 is 0 Å². The lowest BCUT2D eigenvalue weighted by Crippen LogP contribution is -1.93. The number of nitrogens with two attached hydrogens (primary N) is 2. The molecule has 2 aromatic rings. The van der Waals surface area contributed by atoms with Crippen molar-refractivity contribution in [1.82, 2.24) is 19.9 Å². The van der Waals surface area contributed by atoms with Crippen LogP contribution >= 0.6 is 0 Å². The van der Waals surface area contributed by atoms with Gasteiger partial charge in [-0.05, 0) is 0 Å². The van der Waals surface area contributed by atoms with Gasteiger partial charge in [-0.3, -0.25) is 0 Å². The van der Waals surface area contributed by atoms with E-state index in [0.717, 1.165) is 0 Å². The van der Waals surface area contributed by atoms with Crippen LogP contribution in [0.1, 0.15) is 0 Å². The molecule has 0 atom stereocenters. The third-order valence-corrected chi connectivity index (χ3v) is 1.28. The third-order valence-electron chi connectivity index (χ3n) is 1.28. The summed E-state index contributed by atoms with van der Waals surface area (Å²) in [5.41, 5.74) is 11.9. The molecule has 7 nitrogen and oxygen atoms in total. The number of nitrogens with one attached hydrogen (secondary N) is 1. The topological polar surface area (TPSA) is 138 Å². The SMILES string of the molecule is Nc1ncc2[nH]c(N)nc2n1.O. The van der Waals surface area contributed by atoms with Crippen LogP contribution < -0.4 is 11.5 Å². The predicted molar refractivity (Wildman–Crippen MR) is 44.1 cm³/mol. The standard InChI is InChI=1S/C5H6N6.H2O/c6-4-8-1-2-3(10-4)11-5(7)9-2;/h1H,(H5,6,7,8,9,10,11);1H2. The van der Waals surface area contributed by atoms with Crippen molar-refractivity contribution >= 4 is 23.1 Å². The predicted octanol–water partition coefficient (Wildman–Crippen LogP) is -1.31. The number of rotatable bonds is 0. The highest BCUT2D eigenvalue weighted by molar-refractivity contribution is 5.72. The zero-order chi connectivity index (χ0) is 7.84. The van der Waals surface area contributed by atoms with E-state index in [9.17, 15) is 0 Å². The van der Waals surface area contributed by atoms with Gasteiger partial charge in [0.15, 0.2) is 11.6 Å². The fourth-order valence-corrected chi connectivity index (χ4v) is 0.839. The Bertz CT molecular complexity index is 396. The molecule has 0 aliphatic heterocycles. The Labute approximate surface area is 67.1 Å². The molecule has 0 bridgehead atoms. The van der Waals surface area contributed by atoms with Gasteiger partial charge in [0, 0.05) is 0 Å². The summed E-state index contributed by atoms with van der Waals surface area (Å²) in [7, 11) is 0. The molecule has 7 N–H and O–H groups in total. The number of hydrogen-bond acceptors (Lipinski definition) is 5. The summed E-state index contributed by atoms with van der Waals surface area (Å²) in [6, 6.07) is 0. The Morgan fingerprint density at radius 3 is 2.75 bits per heavy atom. The monoisotopic (exact) mass is 168 g/mol. The molecular formula is C5H8N6O. The average Bonchev–Trinajstić information content (AvgIpc) is 2.27. The smallest absolute Gasteiger partial charge is 0.222 e. The van der Waals surface area contributed by atoms with E-state index in [2.05, 4.69) is 19.9 Å². The van der Waals surface area contributed by atoms with Crippen molar-refractivity contribution in [3.63, 3.8) is 0 Å². The van der Waals surface area contributed by atoms with Gasteiger partial charge in [-0.2, -0.15) is 9.97 Å².